The molecule has 7 heteroatoms. The largest absolute Gasteiger partial charge is 0.385 e. The average Bonchev–Trinajstić information content (AvgIpc) is 3.11. The summed E-state index contributed by atoms with van der Waals surface area (Å²) in [6.45, 7) is 6.59. The zero-order valence-electron chi connectivity index (χ0n) is 17.3. The quantitative estimate of drug-likeness (QED) is 0.422. The van der Waals surface area contributed by atoms with Gasteiger partial charge < -0.3 is 14.6 Å². The van der Waals surface area contributed by atoms with E-state index in [1.165, 1.54) is 0 Å². The van der Waals surface area contributed by atoms with Crippen LogP contribution < -0.4 is 5.32 Å². The number of rotatable bonds is 8. The minimum Gasteiger partial charge on any atom is -0.385 e. The van der Waals surface area contributed by atoms with Gasteiger partial charge in [0.15, 0.2) is 5.78 Å². The van der Waals surface area contributed by atoms with E-state index >= 15 is 0 Å². The molecule has 1 aromatic carbocycles. The third-order valence-corrected chi connectivity index (χ3v) is 5.53. The molecule has 3 rings (SSSR count). The molecule has 1 atom stereocenters. The summed E-state index contributed by atoms with van der Waals surface area (Å²) in [5.41, 5.74) is 1.85. The summed E-state index contributed by atoms with van der Waals surface area (Å²) in [5.74, 6) is -0.673. The number of carbonyl (C=O) groups excluding carboxylic acids is 3. The Balaban J connectivity index is 1.78. The number of carbonyl (C=O) groups is 3. The first kappa shape index (κ1) is 20.8. The van der Waals surface area contributed by atoms with E-state index in [1.54, 1.807) is 26.2 Å². The first-order valence-corrected chi connectivity index (χ1v) is 9.68. The number of hydrogen-bond acceptors (Lipinski definition) is 4. The van der Waals surface area contributed by atoms with Crippen molar-refractivity contribution >= 4 is 17.7 Å². The molecule has 3 amide bonds. The van der Waals surface area contributed by atoms with E-state index in [4.69, 9.17) is 4.74 Å². The molecular weight excluding hydrogens is 370 g/mol. The van der Waals surface area contributed by atoms with Crippen molar-refractivity contribution in [3.8, 4) is 0 Å². The first-order valence-electron chi connectivity index (χ1n) is 9.68. The zero-order chi connectivity index (χ0) is 21.2. The average molecular weight is 397 g/mol. The number of urea groups is 1. The summed E-state index contributed by atoms with van der Waals surface area (Å²) in [6.07, 6.45) is 0.836. The highest BCUT2D eigenvalue weighted by Gasteiger charge is 2.49. The molecule has 0 saturated carbocycles. The van der Waals surface area contributed by atoms with Crippen molar-refractivity contribution in [1.82, 2.24) is 14.8 Å². The van der Waals surface area contributed by atoms with Crippen LogP contribution in [0.1, 0.15) is 40.7 Å². The molecule has 1 aromatic heterocycles. The molecule has 0 radical (unpaired) electrons. The molecule has 154 valence electrons. The minimum atomic E-state index is -1.17. The standard InChI is InChI=1S/C22H27N3O4/c1-15-13-18(16(2)24(15)11-8-12-29-4)19(26)14-25-20(27)22(3,23-21(25)28)17-9-6-5-7-10-17/h5-7,9-10,13H,8,11-12,14H2,1-4H3,(H,23,28)/t22-/m0/s1. The Labute approximate surface area is 170 Å². The minimum absolute atomic E-state index is 0.253. The number of aromatic nitrogens is 1. The second-order valence-electron chi connectivity index (χ2n) is 7.52. The number of ether oxygens (including phenoxy) is 1. The van der Waals surface area contributed by atoms with Gasteiger partial charge in [-0.05, 0) is 38.8 Å². The predicted octanol–water partition coefficient (Wildman–Crippen LogP) is 2.79. The SMILES string of the molecule is COCCCn1c(C)cc(C(=O)CN2C(=O)N[C@@](C)(c3ccccc3)C2=O)c1C. The topological polar surface area (TPSA) is 80.6 Å². The molecule has 1 aliphatic rings. The van der Waals surface area contributed by atoms with Crippen LogP contribution in [0.2, 0.25) is 0 Å². The number of nitrogens with one attached hydrogen (secondary N) is 1. The molecule has 0 unspecified atom stereocenters. The van der Waals surface area contributed by atoms with Gasteiger partial charge in [0.1, 0.15) is 5.54 Å². The lowest BCUT2D eigenvalue weighted by Gasteiger charge is -2.22. The summed E-state index contributed by atoms with van der Waals surface area (Å²) < 4.78 is 7.16. The first-order chi connectivity index (χ1) is 13.8. The number of nitrogens with zero attached hydrogens (tertiary/aromatic N) is 2. The molecule has 2 aromatic rings. The number of ketones is 1. The number of methoxy groups -OCH3 is 1. The number of amides is 3. The Bertz CT molecular complexity index is 935. The van der Waals surface area contributed by atoms with E-state index in [1.807, 2.05) is 38.1 Å². The van der Waals surface area contributed by atoms with Crippen LogP contribution in [0.3, 0.4) is 0 Å². The molecule has 7 nitrogen and oxygen atoms in total. The van der Waals surface area contributed by atoms with Gasteiger partial charge in [-0.3, -0.25) is 14.5 Å². The van der Waals surface area contributed by atoms with E-state index < -0.39 is 17.5 Å². The van der Waals surface area contributed by atoms with Crippen LogP contribution in [0, 0.1) is 13.8 Å². The Morgan fingerprint density at radius 1 is 1.17 bits per heavy atom. The van der Waals surface area contributed by atoms with Gasteiger partial charge in [-0.2, -0.15) is 0 Å². The van der Waals surface area contributed by atoms with E-state index in [9.17, 15) is 14.4 Å². The maximum atomic E-state index is 13.0. The molecule has 0 aliphatic carbocycles. The lowest BCUT2D eigenvalue weighted by Crippen LogP contribution is -2.41. The van der Waals surface area contributed by atoms with Gasteiger partial charge in [-0.1, -0.05) is 30.3 Å². The van der Waals surface area contributed by atoms with Crippen molar-refractivity contribution in [3.63, 3.8) is 0 Å². The van der Waals surface area contributed by atoms with Gasteiger partial charge in [0.25, 0.3) is 5.91 Å². The molecule has 0 bridgehead atoms. The summed E-state index contributed by atoms with van der Waals surface area (Å²) in [7, 11) is 1.66. The summed E-state index contributed by atoms with van der Waals surface area (Å²) in [4.78, 5) is 39.5. The molecule has 0 spiro atoms. The van der Waals surface area contributed by atoms with E-state index in [0.29, 0.717) is 17.7 Å². The van der Waals surface area contributed by atoms with Crippen LogP contribution in [0.25, 0.3) is 0 Å². The van der Waals surface area contributed by atoms with Gasteiger partial charge in [-0.25, -0.2) is 4.79 Å². The van der Waals surface area contributed by atoms with Crippen molar-refractivity contribution in [2.75, 3.05) is 20.3 Å². The van der Waals surface area contributed by atoms with Crippen LogP contribution in [0.5, 0.6) is 0 Å². The molecular formula is C22H27N3O4. The fourth-order valence-corrected chi connectivity index (χ4v) is 3.83. The van der Waals surface area contributed by atoms with Crippen LogP contribution >= 0.6 is 0 Å². The van der Waals surface area contributed by atoms with Gasteiger partial charge in [0, 0.05) is 37.2 Å². The second kappa shape index (κ2) is 8.21. The van der Waals surface area contributed by atoms with Crippen LogP contribution in [-0.2, 0) is 21.6 Å². The molecule has 2 heterocycles. The number of hydrogen-bond donors (Lipinski definition) is 1. The van der Waals surface area contributed by atoms with Crippen molar-refractivity contribution in [2.45, 2.75) is 39.3 Å². The van der Waals surface area contributed by atoms with Crippen LogP contribution in [-0.4, -0.2) is 47.4 Å². The highest BCUT2D eigenvalue weighted by atomic mass is 16.5. The van der Waals surface area contributed by atoms with Gasteiger partial charge in [0.2, 0.25) is 0 Å². The lowest BCUT2D eigenvalue weighted by molar-refractivity contribution is -0.130. The summed E-state index contributed by atoms with van der Waals surface area (Å²) in [6, 6.07) is 10.3. The fraction of sp³-hybridized carbons (Fsp3) is 0.409. The third kappa shape index (κ3) is 3.82. The highest BCUT2D eigenvalue weighted by Crippen LogP contribution is 2.29. The number of imide groups is 1. The highest BCUT2D eigenvalue weighted by molar-refractivity contribution is 6.11. The Morgan fingerprint density at radius 3 is 2.52 bits per heavy atom. The summed E-state index contributed by atoms with van der Waals surface area (Å²) in [5, 5.41) is 2.73. The van der Waals surface area contributed by atoms with E-state index in [-0.39, 0.29) is 12.3 Å². The second-order valence-corrected chi connectivity index (χ2v) is 7.52. The van der Waals surface area contributed by atoms with Gasteiger partial charge in [0.05, 0.1) is 6.54 Å². The number of benzene rings is 1. The smallest absolute Gasteiger partial charge is 0.325 e. The van der Waals surface area contributed by atoms with Crippen molar-refractivity contribution in [2.24, 2.45) is 0 Å². The molecule has 1 aliphatic heterocycles. The molecule has 1 fully saturated rings. The van der Waals surface area contributed by atoms with Crippen LogP contribution in [0.4, 0.5) is 4.79 Å². The fourth-order valence-electron chi connectivity index (χ4n) is 3.83. The van der Waals surface area contributed by atoms with E-state index in [2.05, 4.69) is 9.88 Å². The molecule has 29 heavy (non-hydrogen) atoms. The Hall–Kier alpha value is -2.93. The third-order valence-electron chi connectivity index (χ3n) is 5.53. The van der Waals surface area contributed by atoms with Crippen molar-refractivity contribution in [3.05, 3.63) is 58.9 Å². The summed E-state index contributed by atoms with van der Waals surface area (Å²) >= 11 is 0. The van der Waals surface area contributed by atoms with Gasteiger partial charge in [-0.15, -0.1) is 0 Å². The Kier molecular flexibility index (Phi) is 5.88. The monoisotopic (exact) mass is 397 g/mol. The maximum Gasteiger partial charge on any atom is 0.325 e. The zero-order valence-corrected chi connectivity index (χ0v) is 17.3. The predicted molar refractivity (Wildman–Crippen MR) is 109 cm³/mol. The van der Waals surface area contributed by atoms with Crippen molar-refractivity contribution in [1.29, 1.82) is 0 Å². The van der Waals surface area contributed by atoms with E-state index in [0.717, 1.165) is 29.3 Å². The number of aryl methyl sites for hydroxylation is 1. The maximum absolute atomic E-state index is 13.0. The normalized spacial score (nSPS) is 19.0. The van der Waals surface area contributed by atoms with Crippen LogP contribution in [0.15, 0.2) is 36.4 Å². The number of Topliss-reactive ketones (excluding diaryl/α,β-unsaturated/α-hetero) is 1. The van der Waals surface area contributed by atoms with Crippen molar-refractivity contribution < 1.29 is 19.1 Å². The Morgan fingerprint density at radius 2 is 1.86 bits per heavy atom. The molecule has 1 N–H and O–H groups in total. The lowest BCUT2D eigenvalue weighted by atomic mass is 9.92. The van der Waals surface area contributed by atoms with Gasteiger partial charge >= 0.3 is 6.03 Å². The molecule has 1 saturated heterocycles.